The summed E-state index contributed by atoms with van der Waals surface area (Å²) in [6, 6.07) is 15.0. The number of nitrogens with one attached hydrogen (secondary N) is 1. The van der Waals surface area contributed by atoms with E-state index in [0.29, 0.717) is 17.3 Å². The minimum atomic E-state index is -0.733. The van der Waals surface area contributed by atoms with Gasteiger partial charge in [-0.2, -0.15) is 9.78 Å². The highest BCUT2D eigenvalue weighted by Crippen LogP contribution is 2.15. The third kappa shape index (κ3) is 4.52. The zero-order chi connectivity index (χ0) is 21.8. The molecule has 0 fully saturated rings. The number of rotatable bonds is 6. The van der Waals surface area contributed by atoms with Gasteiger partial charge in [0.05, 0.1) is 11.7 Å². The smallest absolute Gasteiger partial charge is 0.350 e. The summed E-state index contributed by atoms with van der Waals surface area (Å²) in [5, 5.41) is 7.30. The molecule has 156 valence electrons. The van der Waals surface area contributed by atoms with Gasteiger partial charge in [0.25, 0.3) is 11.5 Å². The van der Waals surface area contributed by atoms with E-state index in [1.54, 1.807) is 31.2 Å². The lowest BCUT2D eigenvalue weighted by Gasteiger charge is -2.18. The summed E-state index contributed by atoms with van der Waals surface area (Å²) < 4.78 is 2.11. The topological polar surface area (TPSA) is 86.0 Å². The molecule has 0 saturated heterocycles. The Balaban J connectivity index is 2.22. The molecule has 0 aliphatic carbocycles. The van der Waals surface area contributed by atoms with E-state index in [0.717, 1.165) is 14.8 Å². The Morgan fingerprint density at radius 1 is 1.03 bits per heavy atom. The number of carbonyl (C=O) groups excluding carboxylic acids is 1. The number of hydrogen-bond donors (Lipinski definition) is 1. The van der Waals surface area contributed by atoms with Gasteiger partial charge in [0.1, 0.15) is 0 Å². The Morgan fingerprint density at radius 2 is 1.67 bits per heavy atom. The summed E-state index contributed by atoms with van der Waals surface area (Å²) in [6.07, 6.45) is 0. The SMILES string of the molecule is CC(C)CNC(=O)c1nn(-c2ccc(Cl)cc2)c(=O)n([C@@H](C)c2ccccc2)c1=O. The van der Waals surface area contributed by atoms with Gasteiger partial charge in [-0.05, 0) is 42.7 Å². The van der Waals surface area contributed by atoms with Gasteiger partial charge < -0.3 is 5.32 Å². The van der Waals surface area contributed by atoms with E-state index in [2.05, 4.69) is 10.4 Å². The highest BCUT2D eigenvalue weighted by atomic mass is 35.5. The molecule has 2 aromatic carbocycles. The second kappa shape index (κ2) is 9.09. The van der Waals surface area contributed by atoms with Gasteiger partial charge in [0.15, 0.2) is 0 Å². The number of halogens is 1. The summed E-state index contributed by atoms with van der Waals surface area (Å²) >= 11 is 5.95. The lowest BCUT2D eigenvalue weighted by atomic mass is 10.1. The van der Waals surface area contributed by atoms with Crippen LogP contribution in [0.15, 0.2) is 64.2 Å². The molecular weight excluding hydrogens is 404 g/mol. The lowest BCUT2D eigenvalue weighted by Crippen LogP contribution is -2.47. The Labute approximate surface area is 178 Å². The molecule has 8 heteroatoms. The minimum Gasteiger partial charge on any atom is -0.350 e. The molecule has 0 radical (unpaired) electrons. The Bertz CT molecular complexity index is 1150. The molecule has 0 spiro atoms. The first-order valence-corrected chi connectivity index (χ1v) is 10.0. The molecule has 0 aliphatic heterocycles. The average Bonchev–Trinajstić information content (AvgIpc) is 2.73. The van der Waals surface area contributed by atoms with Crippen LogP contribution in [0.2, 0.25) is 5.02 Å². The van der Waals surface area contributed by atoms with Gasteiger partial charge in [-0.1, -0.05) is 55.8 Å². The van der Waals surface area contributed by atoms with E-state index in [4.69, 9.17) is 11.6 Å². The van der Waals surface area contributed by atoms with Crippen molar-refractivity contribution in [3.05, 3.63) is 91.7 Å². The molecule has 0 bridgehead atoms. The summed E-state index contributed by atoms with van der Waals surface area (Å²) in [5.74, 6) is -0.424. The van der Waals surface area contributed by atoms with Gasteiger partial charge in [0.2, 0.25) is 5.69 Å². The van der Waals surface area contributed by atoms with Crippen molar-refractivity contribution in [2.24, 2.45) is 5.92 Å². The Kier molecular flexibility index (Phi) is 6.52. The van der Waals surface area contributed by atoms with Crippen molar-refractivity contribution in [3.63, 3.8) is 0 Å². The molecule has 1 heterocycles. The van der Waals surface area contributed by atoms with Crippen molar-refractivity contribution in [3.8, 4) is 5.69 Å². The fraction of sp³-hybridized carbons (Fsp3) is 0.273. The number of benzene rings is 2. The van der Waals surface area contributed by atoms with Crippen LogP contribution in [-0.2, 0) is 0 Å². The number of carbonyl (C=O) groups is 1. The number of aromatic nitrogens is 3. The molecule has 1 aromatic heterocycles. The van der Waals surface area contributed by atoms with E-state index in [-0.39, 0.29) is 11.6 Å². The minimum absolute atomic E-state index is 0.196. The first-order valence-electron chi connectivity index (χ1n) is 9.64. The third-order valence-electron chi connectivity index (χ3n) is 4.64. The third-order valence-corrected chi connectivity index (χ3v) is 4.89. The van der Waals surface area contributed by atoms with Crippen molar-refractivity contribution >= 4 is 17.5 Å². The van der Waals surface area contributed by atoms with Gasteiger partial charge in [0, 0.05) is 11.6 Å². The molecule has 30 heavy (non-hydrogen) atoms. The molecule has 0 unspecified atom stereocenters. The first-order chi connectivity index (χ1) is 14.3. The number of nitrogens with zero attached hydrogens (tertiary/aromatic N) is 3. The van der Waals surface area contributed by atoms with Gasteiger partial charge in [-0.15, -0.1) is 0 Å². The maximum Gasteiger partial charge on any atom is 0.352 e. The van der Waals surface area contributed by atoms with E-state index >= 15 is 0 Å². The zero-order valence-corrected chi connectivity index (χ0v) is 17.8. The van der Waals surface area contributed by atoms with Gasteiger partial charge in [-0.3, -0.25) is 9.59 Å². The molecule has 3 aromatic rings. The molecule has 0 aliphatic rings. The summed E-state index contributed by atoms with van der Waals surface area (Å²) in [7, 11) is 0. The van der Waals surface area contributed by atoms with Crippen LogP contribution in [-0.4, -0.2) is 26.8 Å². The summed E-state index contributed by atoms with van der Waals surface area (Å²) in [5.41, 5.74) is -0.551. The maximum atomic E-state index is 13.2. The van der Waals surface area contributed by atoms with Gasteiger partial charge >= 0.3 is 5.69 Å². The average molecular weight is 427 g/mol. The first kappa shape index (κ1) is 21.5. The second-order valence-corrected chi connectivity index (χ2v) is 7.82. The summed E-state index contributed by atoms with van der Waals surface area (Å²) in [4.78, 5) is 39.1. The van der Waals surface area contributed by atoms with Crippen molar-refractivity contribution in [2.75, 3.05) is 6.54 Å². The van der Waals surface area contributed by atoms with Crippen molar-refractivity contribution in [1.29, 1.82) is 0 Å². The molecule has 3 rings (SSSR count). The van der Waals surface area contributed by atoms with Crippen LogP contribution in [0.1, 0.15) is 42.9 Å². The quantitative estimate of drug-likeness (QED) is 0.656. The van der Waals surface area contributed by atoms with Crippen LogP contribution >= 0.6 is 11.6 Å². The van der Waals surface area contributed by atoms with Crippen molar-refractivity contribution in [1.82, 2.24) is 19.7 Å². The standard InChI is InChI=1S/C22H23ClN4O3/c1-14(2)13-24-20(28)19-21(29)26(15(3)16-7-5-4-6-8-16)22(30)27(25-19)18-11-9-17(23)10-12-18/h4-12,14-15H,13H2,1-3H3,(H,24,28)/t15-/m0/s1. The predicted octanol–water partition coefficient (Wildman–Crippen LogP) is 3.04. The van der Waals surface area contributed by atoms with Crippen molar-refractivity contribution < 1.29 is 4.79 Å². The molecule has 1 amide bonds. The lowest BCUT2D eigenvalue weighted by molar-refractivity contribution is 0.0939. The van der Waals surface area contributed by atoms with E-state index in [1.165, 1.54) is 0 Å². The van der Waals surface area contributed by atoms with Crippen LogP contribution in [0.5, 0.6) is 0 Å². The van der Waals surface area contributed by atoms with E-state index in [9.17, 15) is 14.4 Å². The molecular formula is C22H23ClN4O3. The van der Waals surface area contributed by atoms with Crippen molar-refractivity contribution in [2.45, 2.75) is 26.8 Å². The van der Waals surface area contributed by atoms with E-state index in [1.807, 2.05) is 44.2 Å². The van der Waals surface area contributed by atoms with Gasteiger partial charge in [-0.25, -0.2) is 9.36 Å². The monoisotopic (exact) mass is 426 g/mol. The predicted molar refractivity (Wildman–Crippen MR) is 117 cm³/mol. The van der Waals surface area contributed by atoms with Crippen LogP contribution in [0.25, 0.3) is 5.69 Å². The fourth-order valence-electron chi connectivity index (χ4n) is 2.98. The highest BCUT2D eigenvalue weighted by Gasteiger charge is 2.23. The Morgan fingerprint density at radius 3 is 2.27 bits per heavy atom. The number of hydrogen-bond acceptors (Lipinski definition) is 4. The Hall–Kier alpha value is -3.19. The molecule has 1 atom stereocenters. The van der Waals surface area contributed by atoms with E-state index < -0.39 is 23.2 Å². The van der Waals surface area contributed by atoms with Crippen LogP contribution in [0, 0.1) is 5.92 Å². The second-order valence-electron chi connectivity index (χ2n) is 7.39. The molecule has 1 N–H and O–H groups in total. The largest absolute Gasteiger partial charge is 0.352 e. The summed E-state index contributed by atoms with van der Waals surface area (Å²) in [6.45, 7) is 6.00. The highest BCUT2D eigenvalue weighted by molar-refractivity contribution is 6.30. The molecule has 7 nitrogen and oxygen atoms in total. The van der Waals surface area contributed by atoms with Crippen LogP contribution < -0.4 is 16.6 Å². The maximum absolute atomic E-state index is 13.2. The van der Waals surface area contributed by atoms with Crippen LogP contribution in [0.3, 0.4) is 0 Å². The zero-order valence-electron chi connectivity index (χ0n) is 17.0. The number of amides is 1. The fourth-order valence-corrected chi connectivity index (χ4v) is 3.11. The normalized spacial score (nSPS) is 12.0. The van der Waals surface area contributed by atoms with Crippen LogP contribution in [0.4, 0.5) is 0 Å². The molecule has 0 saturated carbocycles.